The Morgan fingerprint density at radius 2 is 2.00 bits per heavy atom. The van der Waals surface area contributed by atoms with Crippen LogP contribution in [0.5, 0.6) is 0 Å². The number of amides is 1. The van der Waals surface area contributed by atoms with Gasteiger partial charge < -0.3 is 10.1 Å². The molecular formula is C18H23Cl2N3O3. The second-order valence-corrected chi connectivity index (χ2v) is 7.61. The number of hydrazine groups is 1. The molecule has 1 aromatic rings. The van der Waals surface area contributed by atoms with Crippen molar-refractivity contribution >= 4 is 35.1 Å². The molecule has 1 heterocycles. The Labute approximate surface area is 162 Å². The minimum Gasteiger partial charge on any atom is -0.454 e. The second-order valence-electron chi connectivity index (χ2n) is 6.76. The van der Waals surface area contributed by atoms with E-state index < -0.39 is 0 Å². The van der Waals surface area contributed by atoms with Crippen molar-refractivity contribution in [2.45, 2.75) is 44.2 Å². The Morgan fingerprint density at radius 3 is 2.81 bits per heavy atom. The first kappa shape index (κ1) is 19.4. The molecule has 1 saturated carbocycles. The van der Waals surface area contributed by atoms with E-state index >= 15 is 0 Å². The van der Waals surface area contributed by atoms with Crippen LogP contribution in [0.15, 0.2) is 18.2 Å². The monoisotopic (exact) mass is 399 g/mol. The molecule has 3 N–H and O–H groups in total. The van der Waals surface area contributed by atoms with Crippen LogP contribution in [-0.4, -0.2) is 37.1 Å². The third kappa shape index (κ3) is 4.88. The number of halogens is 2. The molecule has 26 heavy (non-hydrogen) atoms. The van der Waals surface area contributed by atoms with Gasteiger partial charge in [0, 0.05) is 28.5 Å². The van der Waals surface area contributed by atoms with Crippen LogP contribution in [0.3, 0.4) is 0 Å². The van der Waals surface area contributed by atoms with E-state index in [9.17, 15) is 9.59 Å². The molecule has 8 heteroatoms. The summed E-state index contributed by atoms with van der Waals surface area (Å²) < 4.78 is 5.18. The SMILES string of the molecule is O=C(COC(=O)C1NNC2CCCCC21)NCCc1ccc(Cl)cc1Cl. The van der Waals surface area contributed by atoms with Crippen LogP contribution in [0.25, 0.3) is 0 Å². The van der Waals surface area contributed by atoms with Gasteiger partial charge in [-0.25, -0.2) is 5.43 Å². The number of nitrogens with one attached hydrogen (secondary N) is 3. The van der Waals surface area contributed by atoms with E-state index in [1.54, 1.807) is 12.1 Å². The summed E-state index contributed by atoms with van der Waals surface area (Å²) in [6.45, 7) is 0.133. The van der Waals surface area contributed by atoms with Crippen molar-refractivity contribution in [2.24, 2.45) is 5.92 Å². The van der Waals surface area contributed by atoms with Crippen molar-refractivity contribution in [3.63, 3.8) is 0 Å². The molecule has 0 aromatic heterocycles. The fourth-order valence-electron chi connectivity index (χ4n) is 3.61. The van der Waals surface area contributed by atoms with E-state index in [4.69, 9.17) is 27.9 Å². The predicted octanol–water partition coefficient (Wildman–Crippen LogP) is 2.23. The molecule has 6 nitrogen and oxygen atoms in total. The molecule has 0 spiro atoms. The number of hydrogen-bond acceptors (Lipinski definition) is 5. The van der Waals surface area contributed by atoms with Gasteiger partial charge in [-0.3, -0.25) is 15.0 Å². The highest BCUT2D eigenvalue weighted by Crippen LogP contribution is 2.30. The highest BCUT2D eigenvalue weighted by atomic mass is 35.5. The van der Waals surface area contributed by atoms with Crippen LogP contribution in [0, 0.1) is 5.92 Å². The highest BCUT2D eigenvalue weighted by molar-refractivity contribution is 6.35. The van der Waals surface area contributed by atoms with Crippen LogP contribution in [0.1, 0.15) is 31.2 Å². The topological polar surface area (TPSA) is 79.5 Å². The van der Waals surface area contributed by atoms with Crippen molar-refractivity contribution in [1.29, 1.82) is 0 Å². The fourth-order valence-corrected chi connectivity index (χ4v) is 4.12. The average molecular weight is 400 g/mol. The number of carbonyl (C=O) groups excluding carboxylic acids is 2. The lowest BCUT2D eigenvalue weighted by atomic mass is 9.82. The maximum absolute atomic E-state index is 12.2. The van der Waals surface area contributed by atoms with Gasteiger partial charge in [0.2, 0.25) is 0 Å². The number of carbonyl (C=O) groups is 2. The first-order chi connectivity index (χ1) is 12.5. The van der Waals surface area contributed by atoms with Gasteiger partial charge in [0.25, 0.3) is 5.91 Å². The molecule has 1 aromatic carbocycles. The Morgan fingerprint density at radius 1 is 1.19 bits per heavy atom. The summed E-state index contributed by atoms with van der Waals surface area (Å²) in [6, 6.07) is 5.20. The van der Waals surface area contributed by atoms with Gasteiger partial charge in [-0.1, -0.05) is 42.1 Å². The van der Waals surface area contributed by atoms with Gasteiger partial charge in [-0.2, -0.15) is 0 Å². The van der Waals surface area contributed by atoms with E-state index in [1.165, 1.54) is 6.42 Å². The zero-order chi connectivity index (χ0) is 18.5. The molecule has 3 rings (SSSR count). The number of ether oxygens (including phenoxy) is 1. The van der Waals surface area contributed by atoms with Gasteiger partial charge in [0.15, 0.2) is 6.61 Å². The van der Waals surface area contributed by atoms with Crippen LogP contribution < -0.4 is 16.2 Å². The average Bonchev–Trinajstić information content (AvgIpc) is 3.06. The second kappa shape index (κ2) is 9.04. The molecule has 142 valence electrons. The zero-order valence-corrected chi connectivity index (χ0v) is 15.9. The maximum atomic E-state index is 12.2. The molecule has 1 amide bonds. The van der Waals surface area contributed by atoms with Crippen molar-refractivity contribution in [3.05, 3.63) is 33.8 Å². The lowest BCUT2D eigenvalue weighted by molar-refractivity contribution is -0.151. The molecule has 0 radical (unpaired) electrons. The van der Waals surface area contributed by atoms with E-state index in [0.29, 0.717) is 29.1 Å². The van der Waals surface area contributed by atoms with E-state index in [1.807, 2.05) is 6.07 Å². The Bertz CT molecular complexity index is 671. The summed E-state index contributed by atoms with van der Waals surface area (Å²) in [4.78, 5) is 24.1. The van der Waals surface area contributed by atoms with Gasteiger partial charge in [-0.15, -0.1) is 0 Å². The molecule has 2 aliphatic rings. The summed E-state index contributed by atoms with van der Waals surface area (Å²) in [5.41, 5.74) is 7.08. The molecule has 1 saturated heterocycles. The fraction of sp³-hybridized carbons (Fsp3) is 0.556. The summed E-state index contributed by atoms with van der Waals surface area (Å²) >= 11 is 12.0. The lowest BCUT2D eigenvalue weighted by Crippen LogP contribution is -2.41. The lowest BCUT2D eigenvalue weighted by Gasteiger charge is -2.26. The zero-order valence-electron chi connectivity index (χ0n) is 14.4. The molecular weight excluding hydrogens is 377 g/mol. The minimum absolute atomic E-state index is 0.242. The van der Waals surface area contributed by atoms with E-state index in [0.717, 1.165) is 24.8 Å². The predicted molar refractivity (Wildman–Crippen MR) is 99.9 cm³/mol. The minimum atomic E-state index is -0.374. The summed E-state index contributed by atoms with van der Waals surface area (Å²) in [5.74, 6) is -0.455. The third-order valence-electron chi connectivity index (χ3n) is 5.00. The van der Waals surface area contributed by atoms with Crippen molar-refractivity contribution in [2.75, 3.05) is 13.2 Å². The smallest absolute Gasteiger partial charge is 0.325 e. The van der Waals surface area contributed by atoms with Crippen molar-refractivity contribution in [1.82, 2.24) is 16.2 Å². The first-order valence-electron chi connectivity index (χ1n) is 8.93. The molecule has 0 bridgehead atoms. The van der Waals surface area contributed by atoms with E-state index in [2.05, 4.69) is 16.2 Å². The molecule has 2 fully saturated rings. The first-order valence-corrected chi connectivity index (χ1v) is 9.68. The maximum Gasteiger partial charge on any atom is 0.325 e. The highest BCUT2D eigenvalue weighted by Gasteiger charge is 2.41. The van der Waals surface area contributed by atoms with Crippen LogP contribution in [0.4, 0.5) is 0 Å². The number of fused-ring (bicyclic) bond motifs is 1. The summed E-state index contributed by atoms with van der Waals surface area (Å²) in [5, 5.41) is 3.87. The Balaban J connectivity index is 1.38. The normalized spacial score (nSPS) is 24.8. The number of esters is 1. The number of benzene rings is 1. The van der Waals surface area contributed by atoms with Crippen molar-refractivity contribution < 1.29 is 14.3 Å². The van der Waals surface area contributed by atoms with Gasteiger partial charge in [-0.05, 0) is 37.0 Å². The quantitative estimate of drug-likeness (QED) is 0.639. The summed E-state index contributed by atoms with van der Waals surface area (Å²) in [6.07, 6.45) is 4.95. The van der Waals surface area contributed by atoms with Crippen molar-refractivity contribution in [3.8, 4) is 0 Å². The number of rotatable bonds is 6. The summed E-state index contributed by atoms with van der Waals surface area (Å²) in [7, 11) is 0. The van der Waals surface area contributed by atoms with Crippen LogP contribution in [0.2, 0.25) is 10.0 Å². The standard InChI is InChI=1S/C18H23Cl2N3O3/c19-12-6-5-11(14(20)9-12)7-8-21-16(24)10-26-18(25)17-13-3-1-2-4-15(13)22-23-17/h5-6,9,13,15,17,22-23H,1-4,7-8,10H2,(H,21,24). The molecule has 1 aliphatic carbocycles. The molecule has 3 atom stereocenters. The van der Waals surface area contributed by atoms with E-state index in [-0.39, 0.29) is 30.4 Å². The van der Waals surface area contributed by atoms with Gasteiger partial charge in [0.05, 0.1) is 0 Å². The van der Waals surface area contributed by atoms with Gasteiger partial charge >= 0.3 is 5.97 Å². The van der Waals surface area contributed by atoms with Crippen LogP contribution in [-0.2, 0) is 20.7 Å². The molecule has 1 aliphatic heterocycles. The largest absolute Gasteiger partial charge is 0.454 e. The van der Waals surface area contributed by atoms with Gasteiger partial charge in [0.1, 0.15) is 6.04 Å². The Kier molecular flexibility index (Phi) is 6.75. The van der Waals surface area contributed by atoms with Crippen LogP contribution >= 0.6 is 23.2 Å². The Hall–Kier alpha value is -1.34. The number of hydrogen-bond donors (Lipinski definition) is 3. The third-order valence-corrected chi connectivity index (χ3v) is 5.59. The molecule has 3 unspecified atom stereocenters.